The number of anilines is 2. The average Bonchev–Trinajstić information content (AvgIpc) is 2.90. The lowest BCUT2D eigenvalue weighted by Crippen LogP contribution is -2.39. The van der Waals surface area contributed by atoms with Crippen LogP contribution < -0.4 is 10.2 Å². The van der Waals surface area contributed by atoms with Gasteiger partial charge in [-0.15, -0.1) is 0 Å². The summed E-state index contributed by atoms with van der Waals surface area (Å²) in [5.74, 6) is -0.185. The molecule has 1 aliphatic carbocycles. The molecule has 0 saturated heterocycles. The summed E-state index contributed by atoms with van der Waals surface area (Å²) in [5, 5.41) is 12.3. The molecule has 0 bridgehead atoms. The summed E-state index contributed by atoms with van der Waals surface area (Å²) in [5.41, 5.74) is 2.89. The number of nitriles is 1. The highest BCUT2D eigenvalue weighted by Gasteiger charge is 2.30. The topological polar surface area (TPSA) is 65.4 Å². The normalized spacial score (nSPS) is 23.9. The van der Waals surface area contributed by atoms with Gasteiger partial charge in [0.05, 0.1) is 29.7 Å². The minimum absolute atomic E-state index is 0.0785. The maximum absolute atomic E-state index is 11.0. The van der Waals surface area contributed by atoms with E-state index in [9.17, 15) is 4.79 Å². The van der Waals surface area contributed by atoms with Crippen LogP contribution in [0.4, 0.5) is 11.4 Å². The van der Waals surface area contributed by atoms with Crippen LogP contribution in [-0.4, -0.2) is 24.8 Å². The van der Waals surface area contributed by atoms with E-state index in [2.05, 4.69) is 16.3 Å². The van der Waals surface area contributed by atoms with Crippen LogP contribution in [0.5, 0.6) is 0 Å². The number of carbonyl (C=O) groups is 1. The number of ether oxygens (including phenoxy) is 1. The number of nitrogens with one attached hydrogen (secondary N) is 1. The first-order chi connectivity index (χ1) is 10.2. The largest absolute Gasteiger partial charge is 0.463 e. The zero-order valence-electron chi connectivity index (χ0n) is 12.1. The molecule has 0 atom stereocenters. The maximum Gasteiger partial charge on any atom is 0.302 e. The third-order valence-electron chi connectivity index (χ3n) is 4.29. The first-order valence-electron chi connectivity index (χ1n) is 7.39. The zero-order chi connectivity index (χ0) is 14.8. The van der Waals surface area contributed by atoms with Crippen molar-refractivity contribution in [2.45, 2.75) is 44.8 Å². The Bertz CT molecular complexity index is 586. The fourth-order valence-corrected chi connectivity index (χ4v) is 3.29. The zero-order valence-corrected chi connectivity index (χ0v) is 12.1. The number of benzene rings is 1. The number of carbonyl (C=O) groups excluding carboxylic acids is 1. The van der Waals surface area contributed by atoms with Gasteiger partial charge in [0, 0.05) is 13.0 Å². The monoisotopic (exact) mass is 285 g/mol. The predicted octanol–water partition coefficient (Wildman–Crippen LogP) is 2.62. The Labute approximate surface area is 124 Å². The Kier molecular flexibility index (Phi) is 3.70. The number of esters is 1. The van der Waals surface area contributed by atoms with E-state index < -0.39 is 0 Å². The van der Waals surface area contributed by atoms with Crippen LogP contribution in [0.25, 0.3) is 0 Å². The third-order valence-corrected chi connectivity index (χ3v) is 4.29. The van der Waals surface area contributed by atoms with Gasteiger partial charge in [0.1, 0.15) is 6.10 Å². The minimum Gasteiger partial charge on any atom is -0.463 e. The standard InChI is InChI=1S/C16H19N3O2/c1-11(20)21-14-5-3-13(4-6-14)19-10-18-15-8-12(9-17)2-7-16(15)19/h2,7-8,13-14,18H,3-6,10H2,1H3. The van der Waals surface area contributed by atoms with Crippen LogP contribution in [0, 0.1) is 11.3 Å². The van der Waals surface area contributed by atoms with Crippen LogP contribution >= 0.6 is 0 Å². The molecule has 3 rings (SSSR count). The van der Waals surface area contributed by atoms with E-state index >= 15 is 0 Å². The molecule has 5 nitrogen and oxygen atoms in total. The van der Waals surface area contributed by atoms with Gasteiger partial charge in [0.2, 0.25) is 0 Å². The molecule has 1 aliphatic heterocycles. The highest BCUT2D eigenvalue weighted by atomic mass is 16.5. The minimum atomic E-state index is -0.185. The molecule has 1 heterocycles. The number of rotatable bonds is 2. The van der Waals surface area contributed by atoms with Crippen LogP contribution in [0.15, 0.2) is 18.2 Å². The fraction of sp³-hybridized carbons (Fsp3) is 0.500. The summed E-state index contributed by atoms with van der Waals surface area (Å²) in [6, 6.07) is 8.43. The molecule has 1 aromatic rings. The predicted molar refractivity (Wildman–Crippen MR) is 79.9 cm³/mol. The van der Waals surface area contributed by atoms with Crippen LogP contribution in [0.1, 0.15) is 38.2 Å². The highest BCUT2D eigenvalue weighted by Crippen LogP contribution is 2.37. The Morgan fingerprint density at radius 2 is 2.14 bits per heavy atom. The maximum atomic E-state index is 11.0. The van der Waals surface area contributed by atoms with Gasteiger partial charge in [-0.05, 0) is 43.9 Å². The summed E-state index contributed by atoms with van der Waals surface area (Å²) in [7, 11) is 0. The molecule has 21 heavy (non-hydrogen) atoms. The van der Waals surface area contributed by atoms with Crippen molar-refractivity contribution in [1.82, 2.24) is 0 Å². The fourth-order valence-electron chi connectivity index (χ4n) is 3.29. The van der Waals surface area contributed by atoms with Crippen molar-refractivity contribution >= 4 is 17.3 Å². The molecule has 1 saturated carbocycles. The van der Waals surface area contributed by atoms with Crippen molar-refractivity contribution in [2.75, 3.05) is 16.9 Å². The van der Waals surface area contributed by atoms with E-state index in [1.807, 2.05) is 18.2 Å². The summed E-state index contributed by atoms with van der Waals surface area (Å²) >= 11 is 0. The van der Waals surface area contributed by atoms with E-state index in [0.717, 1.165) is 38.0 Å². The lowest BCUT2D eigenvalue weighted by molar-refractivity contribution is -0.147. The third kappa shape index (κ3) is 2.80. The first kappa shape index (κ1) is 13.7. The molecule has 1 N–H and O–H groups in total. The molecule has 0 radical (unpaired) electrons. The van der Waals surface area contributed by atoms with Gasteiger partial charge in [-0.1, -0.05) is 0 Å². The number of hydrogen-bond donors (Lipinski definition) is 1. The second-order valence-corrected chi connectivity index (χ2v) is 5.69. The van der Waals surface area contributed by atoms with Crippen molar-refractivity contribution in [3.63, 3.8) is 0 Å². The SMILES string of the molecule is CC(=O)OC1CCC(N2CNc3cc(C#N)ccc32)CC1. The second kappa shape index (κ2) is 5.65. The quantitative estimate of drug-likeness (QED) is 0.846. The van der Waals surface area contributed by atoms with Crippen LogP contribution in [-0.2, 0) is 9.53 Å². The van der Waals surface area contributed by atoms with Gasteiger partial charge in [0.15, 0.2) is 0 Å². The molecule has 1 aromatic carbocycles. The van der Waals surface area contributed by atoms with Crippen LogP contribution in [0.2, 0.25) is 0 Å². The van der Waals surface area contributed by atoms with E-state index in [1.54, 1.807) is 0 Å². The van der Waals surface area contributed by atoms with E-state index in [4.69, 9.17) is 10.00 Å². The van der Waals surface area contributed by atoms with Crippen molar-refractivity contribution in [3.8, 4) is 6.07 Å². The lowest BCUT2D eigenvalue weighted by atomic mass is 9.91. The van der Waals surface area contributed by atoms with Crippen molar-refractivity contribution in [3.05, 3.63) is 23.8 Å². The molecule has 0 unspecified atom stereocenters. The number of nitrogens with zero attached hydrogens (tertiary/aromatic N) is 2. The first-order valence-corrected chi connectivity index (χ1v) is 7.39. The molecule has 2 aliphatic rings. The molecule has 110 valence electrons. The van der Waals surface area contributed by atoms with Gasteiger partial charge < -0.3 is 15.0 Å². The smallest absolute Gasteiger partial charge is 0.302 e. The van der Waals surface area contributed by atoms with Gasteiger partial charge in [-0.25, -0.2) is 0 Å². The molecule has 5 heteroatoms. The summed E-state index contributed by atoms with van der Waals surface area (Å²) in [4.78, 5) is 13.4. The molecular weight excluding hydrogens is 266 g/mol. The summed E-state index contributed by atoms with van der Waals surface area (Å²) in [6.45, 7) is 2.26. The van der Waals surface area contributed by atoms with Gasteiger partial charge in [0.25, 0.3) is 0 Å². The van der Waals surface area contributed by atoms with Crippen molar-refractivity contribution in [2.24, 2.45) is 0 Å². The average molecular weight is 285 g/mol. The Morgan fingerprint density at radius 1 is 1.38 bits per heavy atom. The number of fused-ring (bicyclic) bond motifs is 1. The summed E-state index contributed by atoms with van der Waals surface area (Å²) < 4.78 is 5.29. The molecule has 0 amide bonds. The van der Waals surface area contributed by atoms with Gasteiger partial charge in [-0.2, -0.15) is 5.26 Å². The lowest BCUT2D eigenvalue weighted by Gasteiger charge is -2.35. The van der Waals surface area contributed by atoms with Gasteiger partial charge >= 0.3 is 5.97 Å². The molecule has 0 spiro atoms. The van der Waals surface area contributed by atoms with E-state index in [1.165, 1.54) is 12.6 Å². The highest BCUT2D eigenvalue weighted by molar-refractivity contribution is 5.76. The Balaban J connectivity index is 1.66. The van der Waals surface area contributed by atoms with E-state index in [-0.39, 0.29) is 12.1 Å². The van der Waals surface area contributed by atoms with Gasteiger partial charge in [-0.3, -0.25) is 4.79 Å². The van der Waals surface area contributed by atoms with E-state index in [0.29, 0.717) is 11.6 Å². The number of hydrogen-bond acceptors (Lipinski definition) is 5. The Hall–Kier alpha value is -2.22. The Morgan fingerprint density at radius 3 is 2.81 bits per heavy atom. The molecule has 1 fully saturated rings. The second-order valence-electron chi connectivity index (χ2n) is 5.69. The molecule has 0 aromatic heterocycles. The molecular formula is C16H19N3O2. The summed E-state index contributed by atoms with van der Waals surface area (Å²) in [6.07, 6.45) is 3.98. The van der Waals surface area contributed by atoms with Crippen LogP contribution in [0.3, 0.4) is 0 Å². The van der Waals surface area contributed by atoms with Crippen molar-refractivity contribution < 1.29 is 9.53 Å². The van der Waals surface area contributed by atoms with Crippen molar-refractivity contribution in [1.29, 1.82) is 5.26 Å².